The summed E-state index contributed by atoms with van der Waals surface area (Å²) in [5, 5.41) is -0.0345. The predicted molar refractivity (Wildman–Crippen MR) is 53.1 cm³/mol. The standard InChI is InChI=1S/C10H10ClNO/c11-8-6-10(13)12(7-8)9-4-2-1-3-5-9/h1-5,8H,6-7H2. The molecule has 1 aromatic rings. The molecule has 1 aliphatic heterocycles. The van der Waals surface area contributed by atoms with E-state index in [4.69, 9.17) is 11.6 Å². The number of para-hydroxylation sites is 1. The van der Waals surface area contributed by atoms with E-state index in [1.165, 1.54) is 0 Å². The quantitative estimate of drug-likeness (QED) is 0.628. The summed E-state index contributed by atoms with van der Waals surface area (Å²) in [7, 11) is 0. The van der Waals surface area contributed by atoms with Crippen molar-refractivity contribution in [2.45, 2.75) is 11.8 Å². The van der Waals surface area contributed by atoms with Gasteiger partial charge < -0.3 is 4.90 Å². The average Bonchev–Trinajstić information content (AvgIpc) is 2.47. The molecule has 0 spiro atoms. The lowest BCUT2D eigenvalue weighted by Gasteiger charge is -2.15. The molecule has 0 N–H and O–H groups in total. The van der Waals surface area contributed by atoms with Crippen molar-refractivity contribution in [2.24, 2.45) is 0 Å². The van der Waals surface area contributed by atoms with Gasteiger partial charge in [0.1, 0.15) is 0 Å². The van der Waals surface area contributed by atoms with Crippen LogP contribution >= 0.6 is 11.6 Å². The van der Waals surface area contributed by atoms with Gasteiger partial charge in [-0.15, -0.1) is 11.6 Å². The summed E-state index contributed by atoms with van der Waals surface area (Å²) in [6, 6.07) is 9.62. The minimum atomic E-state index is -0.0345. The zero-order chi connectivity index (χ0) is 9.26. The zero-order valence-corrected chi connectivity index (χ0v) is 7.87. The van der Waals surface area contributed by atoms with E-state index in [1.807, 2.05) is 30.3 Å². The van der Waals surface area contributed by atoms with E-state index in [1.54, 1.807) is 4.90 Å². The molecule has 13 heavy (non-hydrogen) atoms. The highest BCUT2D eigenvalue weighted by Gasteiger charge is 2.28. The Bertz CT molecular complexity index is 312. The van der Waals surface area contributed by atoms with Crippen LogP contribution in [0.2, 0.25) is 0 Å². The number of hydrogen-bond donors (Lipinski definition) is 0. The predicted octanol–water partition coefficient (Wildman–Crippen LogP) is 2.03. The molecule has 0 bridgehead atoms. The minimum absolute atomic E-state index is 0.0345. The Morgan fingerprint density at radius 1 is 1.31 bits per heavy atom. The van der Waals surface area contributed by atoms with E-state index in [0.29, 0.717) is 13.0 Å². The first-order chi connectivity index (χ1) is 6.27. The van der Waals surface area contributed by atoms with Crippen LogP contribution in [0.15, 0.2) is 30.3 Å². The Morgan fingerprint density at radius 2 is 2.00 bits per heavy atom. The second-order valence-corrected chi connectivity index (χ2v) is 3.76. The van der Waals surface area contributed by atoms with Crippen LogP contribution in [0.4, 0.5) is 5.69 Å². The van der Waals surface area contributed by atoms with Crippen molar-refractivity contribution in [3.63, 3.8) is 0 Å². The third kappa shape index (κ3) is 1.68. The van der Waals surface area contributed by atoms with Gasteiger partial charge in [0.05, 0.1) is 5.38 Å². The highest BCUT2D eigenvalue weighted by atomic mass is 35.5. The van der Waals surface area contributed by atoms with Crippen molar-refractivity contribution in [3.05, 3.63) is 30.3 Å². The van der Waals surface area contributed by atoms with Gasteiger partial charge in [-0.2, -0.15) is 0 Å². The molecular weight excluding hydrogens is 186 g/mol. The molecule has 1 fully saturated rings. The van der Waals surface area contributed by atoms with Crippen LogP contribution in [-0.2, 0) is 4.79 Å². The Labute approximate surface area is 82.1 Å². The largest absolute Gasteiger partial charge is 0.311 e. The molecule has 1 aromatic carbocycles. The molecule has 1 aliphatic rings. The Hall–Kier alpha value is -1.02. The molecule has 1 atom stereocenters. The molecule has 1 unspecified atom stereocenters. The fourth-order valence-corrected chi connectivity index (χ4v) is 1.79. The summed E-state index contributed by atoms with van der Waals surface area (Å²) in [5.74, 6) is 0.117. The number of rotatable bonds is 1. The van der Waals surface area contributed by atoms with E-state index < -0.39 is 0 Å². The first-order valence-corrected chi connectivity index (χ1v) is 4.70. The van der Waals surface area contributed by atoms with E-state index in [9.17, 15) is 4.79 Å². The number of amides is 1. The fraction of sp³-hybridized carbons (Fsp3) is 0.300. The summed E-state index contributed by atoms with van der Waals surface area (Å²) >= 11 is 5.89. The first kappa shape index (κ1) is 8.57. The zero-order valence-electron chi connectivity index (χ0n) is 7.11. The topological polar surface area (TPSA) is 20.3 Å². The van der Waals surface area contributed by atoms with E-state index in [2.05, 4.69) is 0 Å². The molecule has 1 saturated heterocycles. The van der Waals surface area contributed by atoms with Crippen LogP contribution in [0.5, 0.6) is 0 Å². The lowest BCUT2D eigenvalue weighted by molar-refractivity contribution is -0.117. The van der Waals surface area contributed by atoms with Gasteiger partial charge in [0.25, 0.3) is 0 Å². The van der Waals surface area contributed by atoms with Gasteiger partial charge in [-0.25, -0.2) is 0 Å². The fourth-order valence-electron chi connectivity index (χ4n) is 1.52. The van der Waals surface area contributed by atoms with Gasteiger partial charge in [0.2, 0.25) is 5.91 Å². The summed E-state index contributed by atoms with van der Waals surface area (Å²) in [4.78, 5) is 13.2. The molecule has 3 heteroatoms. The molecule has 1 amide bonds. The lowest BCUT2D eigenvalue weighted by Crippen LogP contribution is -2.24. The summed E-state index contributed by atoms with van der Waals surface area (Å²) in [6.45, 7) is 0.629. The second kappa shape index (κ2) is 3.38. The first-order valence-electron chi connectivity index (χ1n) is 4.27. The van der Waals surface area contributed by atoms with Crippen LogP contribution in [0.3, 0.4) is 0 Å². The highest BCUT2D eigenvalue weighted by molar-refractivity contribution is 6.24. The van der Waals surface area contributed by atoms with Crippen molar-refractivity contribution in [3.8, 4) is 0 Å². The third-order valence-corrected chi connectivity index (χ3v) is 2.44. The maximum absolute atomic E-state index is 11.4. The molecule has 2 rings (SSSR count). The van der Waals surface area contributed by atoms with Crippen molar-refractivity contribution in [2.75, 3.05) is 11.4 Å². The smallest absolute Gasteiger partial charge is 0.228 e. The molecule has 1 heterocycles. The molecule has 0 radical (unpaired) electrons. The number of alkyl halides is 1. The number of hydrogen-bond acceptors (Lipinski definition) is 1. The van der Waals surface area contributed by atoms with Gasteiger partial charge in [-0.05, 0) is 12.1 Å². The van der Waals surface area contributed by atoms with Crippen molar-refractivity contribution < 1.29 is 4.79 Å². The van der Waals surface area contributed by atoms with Gasteiger partial charge >= 0.3 is 0 Å². The van der Waals surface area contributed by atoms with Crippen LogP contribution in [0, 0.1) is 0 Å². The third-order valence-electron chi connectivity index (χ3n) is 2.15. The molecular formula is C10H10ClNO. The van der Waals surface area contributed by atoms with E-state index in [0.717, 1.165) is 5.69 Å². The average molecular weight is 196 g/mol. The lowest BCUT2D eigenvalue weighted by atomic mass is 10.3. The molecule has 0 aromatic heterocycles. The van der Waals surface area contributed by atoms with Gasteiger partial charge in [-0.1, -0.05) is 18.2 Å². The van der Waals surface area contributed by atoms with Crippen molar-refractivity contribution in [1.29, 1.82) is 0 Å². The van der Waals surface area contributed by atoms with Crippen LogP contribution in [0.1, 0.15) is 6.42 Å². The number of benzene rings is 1. The number of carbonyl (C=O) groups excluding carboxylic acids is 1. The number of anilines is 1. The van der Waals surface area contributed by atoms with E-state index >= 15 is 0 Å². The van der Waals surface area contributed by atoms with Crippen LogP contribution in [0.25, 0.3) is 0 Å². The van der Waals surface area contributed by atoms with Crippen molar-refractivity contribution >= 4 is 23.2 Å². The molecule has 2 nitrogen and oxygen atoms in total. The Kier molecular flexibility index (Phi) is 2.23. The van der Waals surface area contributed by atoms with Gasteiger partial charge in [0, 0.05) is 18.7 Å². The maximum Gasteiger partial charge on any atom is 0.228 e. The Balaban J connectivity index is 2.23. The molecule has 0 aliphatic carbocycles. The monoisotopic (exact) mass is 195 g/mol. The SMILES string of the molecule is O=C1CC(Cl)CN1c1ccccc1. The minimum Gasteiger partial charge on any atom is -0.311 e. The maximum atomic E-state index is 11.4. The van der Waals surface area contributed by atoms with Crippen molar-refractivity contribution in [1.82, 2.24) is 0 Å². The highest BCUT2D eigenvalue weighted by Crippen LogP contribution is 2.23. The summed E-state index contributed by atoms with van der Waals surface area (Å²) in [6.07, 6.45) is 0.455. The second-order valence-electron chi connectivity index (χ2n) is 3.14. The molecule has 0 saturated carbocycles. The summed E-state index contributed by atoms with van der Waals surface area (Å²) < 4.78 is 0. The Morgan fingerprint density at radius 3 is 2.54 bits per heavy atom. The summed E-state index contributed by atoms with van der Waals surface area (Å²) in [5.41, 5.74) is 0.940. The number of halogens is 1. The van der Waals surface area contributed by atoms with Crippen LogP contribution < -0.4 is 4.90 Å². The number of nitrogens with zero attached hydrogens (tertiary/aromatic N) is 1. The molecule has 68 valence electrons. The van der Waals surface area contributed by atoms with Gasteiger partial charge in [0.15, 0.2) is 0 Å². The van der Waals surface area contributed by atoms with Gasteiger partial charge in [-0.3, -0.25) is 4.79 Å². The number of carbonyl (C=O) groups is 1. The normalized spacial score (nSPS) is 22.4. The van der Waals surface area contributed by atoms with Crippen LogP contribution in [-0.4, -0.2) is 17.8 Å². The van der Waals surface area contributed by atoms with E-state index in [-0.39, 0.29) is 11.3 Å².